The number of carbonyl (C=O) groups is 2. The third-order valence-electron chi connectivity index (χ3n) is 5.54. The third kappa shape index (κ3) is 3.93. The van der Waals surface area contributed by atoms with Crippen LogP contribution in [0.25, 0.3) is 10.6 Å². The van der Waals surface area contributed by atoms with Crippen LogP contribution in [0.5, 0.6) is 5.75 Å². The number of halogens is 1. The number of aryl methyl sites for hydroxylation is 1. The molecule has 0 spiro atoms. The van der Waals surface area contributed by atoms with Gasteiger partial charge in [-0.05, 0) is 60.6 Å². The molecule has 0 fully saturated rings. The van der Waals surface area contributed by atoms with Crippen molar-refractivity contribution >= 4 is 34.9 Å². The lowest BCUT2D eigenvalue weighted by Crippen LogP contribution is -2.17. The minimum Gasteiger partial charge on any atom is -0.496 e. The predicted molar refractivity (Wildman–Crippen MR) is 118 cm³/mol. The Labute approximate surface area is 187 Å². The lowest BCUT2D eigenvalue weighted by Gasteiger charge is -2.16. The van der Waals surface area contributed by atoms with E-state index in [0.717, 1.165) is 40.8 Å². The highest BCUT2D eigenvalue weighted by Gasteiger charge is 2.28. The second-order valence-electron chi connectivity index (χ2n) is 7.51. The fraction of sp³-hybridized carbons (Fsp3) is 0.318. The molecule has 0 bridgehead atoms. The van der Waals surface area contributed by atoms with Gasteiger partial charge < -0.3 is 14.9 Å². The maximum atomic E-state index is 12.2. The number of hydrogen-bond acceptors (Lipinski definition) is 5. The molecule has 0 aliphatic heterocycles. The van der Waals surface area contributed by atoms with E-state index >= 15 is 0 Å². The van der Waals surface area contributed by atoms with E-state index in [1.54, 1.807) is 19.2 Å². The molecule has 0 amide bonds. The van der Waals surface area contributed by atoms with Crippen molar-refractivity contribution < 1.29 is 24.5 Å². The number of carboxylic acid groups (broad SMARTS) is 2. The standard InChI is InChI=1S/C22H21ClN2O5S/c1-11-8-12(13-4-3-5-14(13)21(11)30-2)9-15-19(16-6-7-17(23)31-16)24-25(10-18(26)27)20(15)22(28)29/h6-8H,3-5,9-10H2,1-2H3,(H,26,27)(H,28,29). The first-order valence-electron chi connectivity index (χ1n) is 9.78. The monoisotopic (exact) mass is 460 g/mol. The van der Waals surface area contributed by atoms with Gasteiger partial charge in [-0.1, -0.05) is 17.7 Å². The van der Waals surface area contributed by atoms with Crippen LogP contribution in [0.3, 0.4) is 0 Å². The molecular formula is C22H21ClN2O5S. The molecule has 0 radical (unpaired) electrons. The summed E-state index contributed by atoms with van der Waals surface area (Å²) in [5.41, 5.74) is 5.21. The van der Waals surface area contributed by atoms with E-state index in [9.17, 15) is 19.8 Å². The number of rotatable bonds is 7. The summed E-state index contributed by atoms with van der Waals surface area (Å²) in [6, 6.07) is 5.53. The van der Waals surface area contributed by atoms with Gasteiger partial charge in [-0.3, -0.25) is 4.79 Å². The number of aromatic carboxylic acids is 1. The Balaban J connectivity index is 1.91. The largest absolute Gasteiger partial charge is 0.496 e. The van der Waals surface area contributed by atoms with Gasteiger partial charge in [-0.2, -0.15) is 5.10 Å². The van der Waals surface area contributed by atoms with Crippen LogP contribution in [0.4, 0.5) is 0 Å². The lowest BCUT2D eigenvalue weighted by atomic mass is 9.93. The molecule has 9 heteroatoms. The first-order chi connectivity index (χ1) is 14.8. The zero-order chi connectivity index (χ0) is 22.3. The van der Waals surface area contributed by atoms with Crippen molar-refractivity contribution in [2.24, 2.45) is 0 Å². The summed E-state index contributed by atoms with van der Waals surface area (Å²) in [4.78, 5) is 24.2. The normalized spacial score (nSPS) is 12.7. The number of methoxy groups -OCH3 is 1. The molecule has 0 saturated carbocycles. The van der Waals surface area contributed by atoms with E-state index in [-0.39, 0.29) is 5.69 Å². The quantitative estimate of drug-likeness (QED) is 0.540. The molecule has 4 rings (SSSR count). The van der Waals surface area contributed by atoms with Gasteiger partial charge in [0.25, 0.3) is 0 Å². The summed E-state index contributed by atoms with van der Waals surface area (Å²) >= 11 is 7.39. The Bertz CT molecular complexity index is 1200. The van der Waals surface area contributed by atoms with Crippen LogP contribution in [0.2, 0.25) is 4.34 Å². The summed E-state index contributed by atoms with van der Waals surface area (Å²) < 4.78 is 7.21. The Morgan fingerprint density at radius 2 is 2.00 bits per heavy atom. The summed E-state index contributed by atoms with van der Waals surface area (Å²) in [5.74, 6) is -1.48. The Kier molecular flexibility index (Phi) is 5.77. The van der Waals surface area contributed by atoms with E-state index in [1.807, 2.05) is 13.0 Å². The third-order valence-corrected chi connectivity index (χ3v) is 6.78. The number of fused-ring (bicyclic) bond motifs is 1. The maximum absolute atomic E-state index is 12.2. The number of ether oxygens (including phenoxy) is 1. The molecule has 7 nitrogen and oxygen atoms in total. The SMILES string of the molecule is COc1c(C)cc(Cc2c(-c3ccc(Cl)s3)nn(CC(=O)O)c2C(=O)O)c2c1CCC2. The highest BCUT2D eigenvalue weighted by atomic mass is 35.5. The Morgan fingerprint density at radius 1 is 1.26 bits per heavy atom. The molecule has 1 aliphatic rings. The molecule has 0 unspecified atom stereocenters. The fourth-order valence-electron chi connectivity index (χ4n) is 4.42. The highest BCUT2D eigenvalue weighted by molar-refractivity contribution is 7.19. The molecule has 2 N–H and O–H groups in total. The van der Waals surface area contributed by atoms with Crippen LogP contribution >= 0.6 is 22.9 Å². The Morgan fingerprint density at radius 3 is 2.61 bits per heavy atom. The van der Waals surface area contributed by atoms with E-state index in [0.29, 0.717) is 26.9 Å². The van der Waals surface area contributed by atoms with Gasteiger partial charge >= 0.3 is 11.9 Å². The highest BCUT2D eigenvalue weighted by Crippen LogP contribution is 2.39. The molecule has 2 heterocycles. The van der Waals surface area contributed by atoms with Gasteiger partial charge in [0.15, 0.2) is 5.69 Å². The van der Waals surface area contributed by atoms with Gasteiger partial charge in [-0.15, -0.1) is 11.3 Å². The van der Waals surface area contributed by atoms with Gasteiger partial charge in [0, 0.05) is 12.0 Å². The van der Waals surface area contributed by atoms with Crippen LogP contribution < -0.4 is 4.74 Å². The van der Waals surface area contributed by atoms with Crippen LogP contribution in [-0.2, 0) is 30.6 Å². The molecule has 0 atom stereocenters. The van der Waals surface area contributed by atoms with Crippen LogP contribution in [0.1, 0.15) is 44.7 Å². The van der Waals surface area contributed by atoms with Crippen LogP contribution in [-0.4, -0.2) is 39.0 Å². The number of benzene rings is 1. The molecule has 2 aromatic heterocycles. The number of thiophene rings is 1. The second-order valence-corrected chi connectivity index (χ2v) is 9.22. The zero-order valence-electron chi connectivity index (χ0n) is 17.1. The average molecular weight is 461 g/mol. The van der Waals surface area contributed by atoms with E-state index in [4.69, 9.17) is 16.3 Å². The van der Waals surface area contributed by atoms with Crippen molar-refractivity contribution in [3.63, 3.8) is 0 Å². The van der Waals surface area contributed by atoms with Gasteiger partial charge in [-0.25, -0.2) is 9.48 Å². The topological polar surface area (TPSA) is 102 Å². The Hall–Kier alpha value is -2.84. The van der Waals surface area contributed by atoms with Crippen LogP contribution in [0, 0.1) is 6.92 Å². The van der Waals surface area contributed by atoms with Gasteiger partial charge in [0.1, 0.15) is 18.0 Å². The first kappa shape index (κ1) is 21.4. The molecule has 0 saturated heterocycles. The lowest BCUT2D eigenvalue weighted by molar-refractivity contribution is -0.137. The summed E-state index contributed by atoms with van der Waals surface area (Å²) in [5, 5.41) is 23.6. The number of hydrogen-bond donors (Lipinski definition) is 2. The number of aliphatic carboxylic acids is 1. The summed E-state index contributed by atoms with van der Waals surface area (Å²) in [7, 11) is 1.66. The minimum absolute atomic E-state index is 0.109. The predicted octanol–water partition coefficient (Wildman–Crippen LogP) is 4.44. The molecule has 31 heavy (non-hydrogen) atoms. The fourth-order valence-corrected chi connectivity index (χ4v) is 5.48. The number of carboxylic acids is 2. The molecule has 1 aliphatic carbocycles. The molecule has 162 valence electrons. The van der Waals surface area contributed by atoms with Crippen molar-refractivity contribution in [3.05, 3.63) is 56.0 Å². The van der Waals surface area contributed by atoms with Crippen molar-refractivity contribution in [2.75, 3.05) is 7.11 Å². The molecule has 3 aromatic rings. The molecular weight excluding hydrogens is 440 g/mol. The minimum atomic E-state index is -1.21. The number of aromatic nitrogens is 2. The number of nitrogens with zero attached hydrogens (tertiary/aromatic N) is 2. The average Bonchev–Trinajstić information content (AvgIpc) is 3.40. The van der Waals surface area contributed by atoms with Gasteiger partial charge in [0.05, 0.1) is 16.3 Å². The van der Waals surface area contributed by atoms with Crippen molar-refractivity contribution in [1.29, 1.82) is 0 Å². The van der Waals surface area contributed by atoms with E-state index in [2.05, 4.69) is 5.10 Å². The smallest absolute Gasteiger partial charge is 0.354 e. The first-order valence-corrected chi connectivity index (χ1v) is 11.0. The second kappa shape index (κ2) is 8.36. The summed E-state index contributed by atoms with van der Waals surface area (Å²) in [6.45, 7) is 1.44. The molecule has 1 aromatic carbocycles. The summed E-state index contributed by atoms with van der Waals surface area (Å²) in [6.07, 6.45) is 3.16. The van der Waals surface area contributed by atoms with Crippen molar-refractivity contribution in [3.8, 4) is 16.3 Å². The van der Waals surface area contributed by atoms with E-state index < -0.39 is 18.5 Å². The van der Waals surface area contributed by atoms with E-state index in [1.165, 1.54) is 22.5 Å². The zero-order valence-corrected chi connectivity index (χ0v) is 18.6. The van der Waals surface area contributed by atoms with Crippen molar-refractivity contribution in [2.45, 2.75) is 39.2 Å². The maximum Gasteiger partial charge on any atom is 0.354 e. The van der Waals surface area contributed by atoms with Crippen molar-refractivity contribution in [1.82, 2.24) is 9.78 Å². The van der Waals surface area contributed by atoms with Crippen LogP contribution in [0.15, 0.2) is 18.2 Å². The van der Waals surface area contributed by atoms with Gasteiger partial charge in [0.2, 0.25) is 0 Å².